The molecule has 3 rings (SSSR count). The van der Waals surface area contributed by atoms with Gasteiger partial charge in [-0.25, -0.2) is 5.43 Å². The maximum absolute atomic E-state index is 11.8. The second-order valence-corrected chi connectivity index (χ2v) is 5.43. The molecule has 0 bridgehead atoms. The van der Waals surface area contributed by atoms with Crippen molar-refractivity contribution in [3.63, 3.8) is 0 Å². The Labute approximate surface area is 140 Å². The molecule has 0 unspecified atom stereocenters. The van der Waals surface area contributed by atoms with Gasteiger partial charge in [-0.3, -0.25) is 4.79 Å². The van der Waals surface area contributed by atoms with Crippen molar-refractivity contribution in [1.29, 1.82) is 0 Å². The Kier molecular flexibility index (Phi) is 4.87. The largest absolute Gasteiger partial charge is 0.497 e. The van der Waals surface area contributed by atoms with Gasteiger partial charge in [-0.05, 0) is 40.1 Å². The number of rotatable bonds is 5. The van der Waals surface area contributed by atoms with Gasteiger partial charge in [0, 0.05) is 0 Å². The molecule has 0 radical (unpaired) electrons. The van der Waals surface area contributed by atoms with Crippen LogP contribution in [0.4, 0.5) is 0 Å². The number of methoxy groups -OCH3 is 1. The lowest BCUT2D eigenvalue weighted by Gasteiger charge is -2.03. The number of benzene rings is 3. The summed E-state index contributed by atoms with van der Waals surface area (Å²) in [5, 5.41) is 6.22. The maximum atomic E-state index is 11.8. The molecule has 1 N–H and O–H groups in total. The molecule has 0 spiro atoms. The van der Waals surface area contributed by atoms with Gasteiger partial charge < -0.3 is 4.74 Å². The topological polar surface area (TPSA) is 50.7 Å². The Bertz CT molecular complexity index is 873. The Morgan fingerprint density at radius 1 is 1.04 bits per heavy atom. The van der Waals surface area contributed by atoms with E-state index in [1.807, 2.05) is 66.7 Å². The first kappa shape index (κ1) is 15.7. The Morgan fingerprint density at radius 3 is 2.58 bits per heavy atom. The van der Waals surface area contributed by atoms with Crippen LogP contribution in [0.15, 0.2) is 71.8 Å². The highest BCUT2D eigenvalue weighted by Crippen LogP contribution is 2.21. The third-order valence-electron chi connectivity index (χ3n) is 3.68. The molecular formula is C20H18N2O2. The number of amides is 1. The molecule has 4 nitrogen and oxygen atoms in total. The Morgan fingerprint density at radius 2 is 1.79 bits per heavy atom. The molecular weight excluding hydrogens is 300 g/mol. The van der Waals surface area contributed by atoms with Crippen LogP contribution in [0, 0.1) is 0 Å². The summed E-state index contributed by atoms with van der Waals surface area (Å²) in [6, 6.07) is 21.5. The highest BCUT2D eigenvalue weighted by Gasteiger charge is 2.01. The molecule has 0 saturated heterocycles. The van der Waals surface area contributed by atoms with Crippen molar-refractivity contribution in [1.82, 2.24) is 5.43 Å². The lowest BCUT2D eigenvalue weighted by molar-refractivity contribution is -0.120. The molecule has 0 aromatic heterocycles. The highest BCUT2D eigenvalue weighted by atomic mass is 16.5. The number of hydrogen-bond acceptors (Lipinski definition) is 3. The van der Waals surface area contributed by atoms with E-state index in [-0.39, 0.29) is 5.91 Å². The maximum Gasteiger partial charge on any atom is 0.244 e. The molecule has 0 aliphatic rings. The minimum atomic E-state index is -0.136. The zero-order valence-corrected chi connectivity index (χ0v) is 13.4. The number of nitrogens with one attached hydrogen (secondary N) is 1. The summed E-state index contributed by atoms with van der Waals surface area (Å²) in [6.07, 6.45) is 1.96. The fourth-order valence-corrected chi connectivity index (χ4v) is 2.45. The molecule has 0 aliphatic heterocycles. The number of nitrogens with zero attached hydrogens (tertiary/aromatic N) is 1. The van der Waals surface area contributed by atoms with Gasteiger partial charge in [0.2, 0.25) is 5.91 Å². The molecule has 0 fully saturated rings. The smallest absolute Gasteiger partial charge is 0.244 e. The second kappa shape index (κ2) is 7.42. The first-order valence-electron chi connectivity index (χ1n) is 7.68. The first-order chi connectivity index (χ1) is 11.7. The van der Waals surface area contributed by atoms with Gasteiger partial charge in [0.1, 0.15) is 5.75 Å². The molecule has 3 aromatic rings. The van der Waals surface area contributed by atoms with Crippen molar-refractivity contribution in [3.05, 3.63) is 77.9 Å². The van der Waals surface area contributed by atoms with E-state index in [0.717, 1.165) is 27.6 Å². The van der Waals surface area contributed by atoms with Gasteiger partial charge in [0.05, 0.1) is 19.7 Å². The zero-order valence-electron chi connectivity index (χ0n) is 13.4. The predicted octanol–water partition coefficient (Wildman–Crippen LogP) is 3.54. The third kappa shape index (κ3) is 3.98. The van der Waals surface area contributed by atoms with Crippen LogP contribution in [0.3, 0.4) is 0 Å². The Balaban J connectivity index is 1.64. The van der Waals surface area contributed by atoms with Crippen molar-refractivity contribution in [3.8, 4) is 5.75 Å². The molecule has 0 aliphatic carbocycles. The summed E-state index contributed by atoms with van der Waals surface area (Å²) in [4.78, 5) is 11.8. The van der Waals surface area contributed by atoms with Gasteiger partial charge in [-0.2, -0.15) is 5.10 Å². The number of carbonyl (C=O) groups excluding carboxylic acids is 1. The zero-order chi connectivity index (χ0) is 16.8. The van der Waals surface area contributed by atoms with Crippen LogP contribution in [0.1, 0.15) is 11.1 Å². The van der Waals surface area contributed by atoms with Crippen LogP contribution >= 0.6 is 0 Å². The molecule has 1 amide bonds. The van der Waals surface area contributed by atoms with E-state index >= 15 is 0 Å². The molecule has 0 atom stereocenters. The minimum absolute atomic E-state index is 0.136. The van der Waals surface area contributed by atoms with Gasteiger partial charge in [0.15, 0.2) is 0 Å². The van der Waals surface area contributed by atoms with Crippen molar-refractivity contribution >= 4 is 22.9 Å². The summed E-state index contributed by atoms with van der Waals surface area (Å²) in [5.41, 5.74) is 4.44. The third-order valence-corrected chi connectivity index (χ3v) is 3.68. The number of hydrazone groups is 1. The van der Waals surface area contributed by atoms with Crippen LogP contribution in [-0.2, 0) is 11.2 Å². The van der Waals surface area contributed by atoms with Crippen molar-refractivity contribution in [2.45, 2.75) is 6.42 Å². The number of fused-ring (bicyclic) bond motifs is 1. The fraction of sp³-hybridized carbons (Fsp3) is 0.100. The van der Waals surface area contributed by atoms with Crippen molar-refractivity contribution < 1.29 is 9.53 Å². The molecule has 0 heterocycles. The standard InChI is InChI=1S/C20H18N2O2/c1-24-19-10-9-17-11-16(7-8-18(17)13-19)14-21-22-20(23)12-15-5-3-2-4-6-15/h2-11,13-14H,12H2,1H3,(H,22,23)/b21-14-. The monoisotopic (exact) mass is 318 g/mol. The van der Waals surface area contributed by atoms with E-state index in [0.29, 0.717) is 6.42 Å². The summed E-state index contributed by atoms with van der Waals surface area (Å²) in [5.74, 6) is 0.695. The van der Waals surface area contributed by atoms with Crippen LogP contribution in [0.5, 0.6) is 5.75 Å². The second-order valence-electron chi connectivity index (χ2n) is 5.43. The van der Waals surface area contributed by atoms with E-state index in [4.69, 9.17) is 4.74 Å². The van der Waals surface area contributed by atoms with Gasteiger partial charge in [0.25, 0.3) is 0 Å². The first-order valence-corrected chi connectivity index (χ1v) is 7.68. The average Bonchev–Trinajstić information content (AvgIpc) is 2.62. The summed E-state index contributed by atoms with van der Waals surface area (Å²) in [6.45, 7) is 0. The molecule has 24 heavy (non-hydrogen) atoms. The number of carbonyl (C=O) groups is 1. The molecule has 3 aromatic carbocycles. The van der Waals surface area contributed by atoms with E-state index < -0.39 is 0 Å². The highest BCUT2D eigenvalue weighted by molar-refractivity contribution is 5.91. The van der Waals surface area contributed by atoms with Crippen molar-refractivity contribution in [2.24, 2.45) is 5.10 Å². The molecule has 0 saturated carbocycles. The minimum Gasteiger partial charge on any atom is -0.497 e. The fourth-order valence-electron chi connectivity index (χ4n) is 2.45. The predicted molar refractivity (Wildman–Crippen MR) is 96.4 cm³/mol. The normalized spacial score (nSPS) is 10.9. The van der Waals surface area contributed by atoms with Crippen molar-refractivity contribution in [2.75, 3.05) is 7.11 Å². The van der Waals surface area contributed by atoms with E-state index in [9.17, 15) is 4.79 Å². The summed E-state index contributed by atoms with van der Waals surface area (Å²) < 4.78 is 5.22. The lowest BCUT2D eigenvalue weighted by Crippen LogP contribution is -2.19. The summed E-state index contributed by atoms with van der Waals surface area (Å²) >= 11 is 0. The summed E-state index contributed by atoms with van der Waals surface area (Å²) in [7, 11) is 1.65. The van der Waals surface area contributed by atoms with E-state index in [1.54, 1.807) is 13.3 Å². The number of hydrogen-bond donors (Lipinski definition) is 1. The number of ether oxygens (including phenoxy) is 1. The van der Waals surface area contributed by atoms with Crippen LogP contribution in [0.2, 0.25) is 0 Å². The quantitative estimate of drug-likeness (QED) is 0.578. The van der Waals surface area contributed by atoms with E-state index in [2.05, 4.69) is 10.5 Å². The van der Waals surface area contributed by atoms with Crippen LogP contribution in [0.25, 0.3) is 10.8 Å². The Hall–Kier alpha value is -3.14. The van der Waals surface area contributed by atoms with Gasteiger partial charge in [-0.15, -0.1) is 0 Å². The van der Waals surface area contributed by atoms with Crippen LogP contribution in [-0.4, -0.2) is 19.2 Å². The van der Waals surface area contributed by atoms with Gasteiger partial charge >= 0.3 is 0 Å². The van der Waals surface area contributed by atoms with Crippen LogP contribution < -0.4 is 10.2 Å². The van der Waals surface area contributed by atoms with E-state index in [1.165, 1.54) is 0 Å². The average molecular weight is 318 g/mol. The lowest BCUT2D eigenvalue weighted by atomic mass is 10.1. The molecule has 4 heteroatoms. The van der Waals surface area contributed by atoms with Gasteiger partial charge in [-0.1, -0.05) is 48.5 Å². The molecule has 120 valence electrons. The SMILES string of the molecule is COc1ccc2cc(/C=N\NC(=O)Cc3ccccc3)ccc2c1.